The van der Waals surface area contributed by atoms with Crippen LogP contribution in [0.2, 0.25) is 0 Å². The Bertz CT molecular complexity index is 316. The van der Waals surface area contributed by atoms with Crippen molar-refractivity contribution in [3.8, 4) is 0 Å². The van der Waals surface area contributed by atoms with E-state index in [1.54, 1.807) is 13.0 Å². The number of amides is 1. The number of hydrogen-bond donors (Lipinski definition) is 1. The Balaban J connectivity index is 4.64. The maximum absolute atomic E-state index is 11.1. The lowest BCUT2D eigenvalue weighted by Gasteiger charge is -2.20. The Kier molecular flexibility index (Phi) is 6.78. The van der Waals surface area contributed by atoms with Crippen LogP contribution in [0.3, 0.4) is 0 Å². The molecule has 0 saturated carbocycles. The van der Waals surface area contributed by atoms with Crippen LogP contribution in [0.5, 0.6) is 0 Å². The van der Waals surface area contributed by atoms with Gasteiger partial charge in [-0.05, 0) is 38.0 Å². The number of rotatable bonds is 6. The Labute approximate surface area is 105 Å². The molecule has 0 unspecified atom stereocenters. The zero-order chi connectivity index (χ0) is 13.6. The van der Waals surface area contributed by atoms with Crippen LogP contribution in [0.25, 0.3) is 0 Å². The molecule has 0 aromatic carbocycles. The summed E-state index contributed by atoms with van der Waals surface area (Å²) >= 11 is 0. The number of carbonyl (C=O) groups excluding carboxylic acids is 1. The lowest BCUT2D eigenvalue weighted by Crippen LogP contribution is -2.18. The van der Waals surface area contributed by atoms with Crippen molar-refractivity contribution < 1.29 is 4.79 Å². The topological polar surface area (TPSA) is 55.4 Å². The molecule has 3 nitrogen and oxygen atoms in total. The lowest BCUT2D eigenvalue weighted by molar-refractivity contribution is -0.114. The van der Waals surface area contributed by atoms with E-state index in [1.807, 2.05) is 6.92 Å². The monoisotopic (exact) mass is 238 g/mol. The van der Waals surface area contributed by atoms with Crippen LogP contribution in [-0.4, -0.2) is 11.6 Å². The number of aliphatic imine (C=N–C) groups is 1. The van der Waals surface area contributed by atoms with Crippen molar-refractivity contribution in [1.82, 2.24) is 0 Å². The van der Waals surface area contributed by atoms with E-state index in [9.17, 15) is 4.79 Å². The Morgan fingerprint density at radius 1 is 1.29 bits per heavy atom. The molecule has 0 radical (unpaired) electrons. The van der Waals surface area contributed by atoms with Crippen molar-refractivity contribution in [2.45, 2.75) is 48.0 Å². The molecule has 0 bridgehead atoms. The quantitative estimate of drug-likeness (QED) is 0.561. The van der Waals surface area contributed by atoms with E-state index < -0.39 is 5.91 Å². The maximum atomic E-state index is 11.1. The predicted octanol–water partition coefficient (Wildman–Crippen LogP) is 3.15. The molecule has 0 aliphatic rings. The Morgan fingerprint density at radius 2 is 1.82 bits per heavy atom. The summed E-state index contributed by atoms with van der Waals surface area (Å²) in [5.74, 6) is 1.23. The van der Waals surface area contributed by atoms with Gasteiger partial charge in [0.15, 0.2) is 0 Å². The Hall–Kier alpha value is -1.12. The van der Waals surface area contributed by atoms with Gasteiger partial charge in [0.25, 0.3) is 5.91 Å². The fourth-order valence-corrected chi connectivity index (χ4v) is 1.56. The molecule has 0 aromatic rings. The highest BCUT2D eigenvalue weighted by atomic mass is 16.1. The molecule has 0 rings (SSSR count). The van der Waals surface area contributed by atoms with Gasteiger partial charge in [0, 0.05) is 5.71 Å². The van der Waals surface area contributed by atoms with E-state index in [1.165, 1.54) is 0 Å². The number of allylic oxidation sites excluding steroid dienone is 1. The molecule has 2 N–H and O–H groups in total. The summed E-state index contributed by atoms with van der Waals surface area (Å²) in [6.45, 7) is 12.6. The molecule has 0 aliphatic heterocycles. The van der Waals surface area contributed by atoms with E-state index in [4.69, 9.17) is 5.73 Å². The highest BCUT2D eigenvalue weighted by Crippen LogP contribution is 2.21. The van der Waals surface area contributed by atoms with E-state index in [2.05, 4.69) is 32.7 Å². The highest BCUT2D eigenvalue weighted by molar-refractivity contribution is 5.96. The molecule has 0 saturated heterocycles. The molecule has 98 valence electrons. The molecule has 0 fully saturated rings. The minimum absolute atomic E-state index is 0.353. The zero-order valence-electron chi connectivity index (χ0n) is 11.9. The minimum atomic E-state index is -0.462. The van der Waals surface area contributed by atoms with Crippen LogP contribution in [-0.2, 0) is 4.79 Å². The molecule has 0 heterocycles. The van der Waals surface area contributed by atoms with E-state index >= 15 is 0 Å². The van der Waals surface area contributed by atoms with E-state index in [0.29, 0.717) is 23.5 Å². The Morgan fingerprint density at radius 3 is 2.18 bits per heavy atom. The summed E-state index contributed by atoms with van der Waals surface area (Å²) in [6.07, 6.45) is 2.74. The van der Waals surface area contributed by atoms with Gasteiger partial charge in [-0.25, -0.2) is 0 Å². The van der Waals surface area contributed by atoms with Gasteiger partial charge in [0.2, 0.25) is 0 Å². The van der Waals surface area contributed by atoms with Crippen molar-refractivity contribution >= 4 is 11.6 Å². The average Bonchev–Trinajstić information content (AvgIpc) is 2.24. The third kappa shape index (κ3) is 5.66. The standard InChI is InChI=1S/C14H26N2O/c1-7-13(14(15)17)16-12(6)11(5)8-10(4)9(2)3/h7,9-11H,8H2,1-6H3,(H2,15,17)/b13-7-,16-12+/t10-,11-/m1/s1. The second-order valence-corrected chi connectivity index (χ2v) is 5.15. The third-order valence-corrected chi connectivity index (χ3v) is 3.40. The number of nitrogens with two attached hydrogens (primary N) is 1. The highest BCUT2D eigenvalue weighted by Gasteiger charge is 2.15. The summed E-state index contributed by atoms with van der Waals surface area (Å²) < 4.78 is 0. The number of hydrogen-bond acceptors (Lipinski definition) is 2. The molecular formula is C14H26N2O. The molecular weight excluding hydrogens is 212 g/mol. The second kappa shape index (κ2) is 7.25. The van der Waals surface area contributed by atoms with Crippen LogP contribution < -0.4 is 5.73 Å². The van der Waals surface area contributed by atoms with Crippen molar-refractivity contribution in [2.75, 3.05) is 0 Å². The summed E-state index contributed by atoms with van der Waals surface area (Å²) in [5, 5.41) is 0. The van der Waals surface area contributed by atoms with Gasteiger partial charge in [-0.3, -0.25) is 9.79 Å². The number of primary amides is 1. The summed E-state index contributed by atoms with van der Waals surface area (Å²) in [4.78, 5) is 15.4. The second-order valence-electron chi connectivity index (χ2n) is 5.15. The van der Waals surface area contributed by atoms with Crippen LogP contribution >= 0.6 is 0 Å². The summed E-state index contributed by atoms with van der Waals surface area (Å²) in [5.41, 5.74) is 6.56. The van der Waals surface area contributed by atoms with Crippen LogP contribution in [0.4, 0.5) is 0 Å². The first-order chi connectivity index (χ1) is 7.79. The fourth-order valence-electron chi connectivity index (χ4n) is 1.56. The largest absolute Gasteiger partial charge is 0.364 e. The van der Waals surface area contributed by atoms with E-state index in [-0.39, 0.29) is 0 Å². The first kappa shape index (κ1) is 15.9. The van der Waals surface area contributed by atoms with Crippen molar-refractivity contribution in [3.05, 3.63) is 11.8 Å². The molecule has 0 aliphatic carbocycles. The lowest BCUT2D eigenvalue weighted by atomic mass is 9.87. The van der Waals surface area contributed by atoms with Gasteiger partial charge in [-0.1, -0.05) is 33.8 Å². The third-order valence-electron chi connectivity index (χ3n) is 3.40. The zero-order valence-corrected chi connectivity index (χ0v) is 11.9. The minimum Gasteiger partial charge on any atom is -0.364 e. The van der Waals surface area contributed by atoms with Crippen LogP contribution in [0, 0.1) is 17.8 Å². The normalized spacial score (nSPS) is 17.1. The van der Waals surface area contributed by atoms with Crippen molar-refractivity contribution in [2.24, 2.45) is 28.5 Å². The number of carbonyl (C=O) groups is 1. The molecule has 0 spiro atoms. The first-order valence-corrected chi connectivity index (χ1v) is 6.30. The molecule has 1 amide bonds. The maximum Gasteiger partial charge on any atom is 0.266 e. The average molecular weight is 238 g/mol. The smallest absolute Gasteiger partial charge is 0.266 e. The van der Waals surface area contributed by atoms with Crippen LogP contribution in [0.1, 0.15) is 48.0 Å². The molecule has 2 atom stereocenters. The number of nitrogens with zero attached hydrogens (tertiary/aromatic N) is 1. The van der Waals surface area contributed by atoms with Gasteiger partial charge in [0.1, 0.15) is 5.70 Å². The molecule has 17 heavy (non-hydrogen) atoms. The predicted molar refractivity (Wildman–Crippen MR) is 73.8 cm³/mol. The van der Waals surface area contributed by atoms with E-state index in [0.717, 1.165) is 12.1 Å². The van der Waals surface area contributed by atoms with Crippen molar-refractivity contribution in [3.63, 3.8) is 0 Å². The SMILES string of the molecule is C/C=C(\N=C(/C)[C@H](C)C[C@@H](C)C(C)C)C(N)=O. The summed E-state index contributed by atoms with van der Waals surface area (Å²) in [6, 6.07) is 0. The van der Waals surface area contributed by atoms with Gasteiger partial charge >= 0.3 is 0 Å². The van der Waals surface area contributed by atoms with Gasteiger partial charge in [0.05, 0.1) is 0 Å². The molecule has 3 heteroatoms. The van der Waals surface area contributed by atoms with Gasteiger partial charge < -0.3 is 5.73 Å². The summed E-state index contributed by atoms with van der Waals surface area (Å²) in [7, 11) is 0. The first-order valence-electron chi connectivity index (χ1n) is 6.30. The van der Waals surface area contributed by atoms with Crippen molar-refractivity contribution in [1.29, 1.82) is 0 Å². The van der Waals surface area contributed by atoms with Crippen LogP contribution in [0.15, 0.2) is 16.8 Å². The molecule has 0 aromatic heterocycles. The van der Waals surface area contributed by atoms with Gasteiger partial charge in [-0.2, -0.15) is 0 Å². The fraction of sp³-hybridized carbons (Fsp3) is 0.714. The van der Waals surface area contributed by atoms with Gasteiger partial charge in [-0.15, -0.1) is 0 Å².